The van der Waals surface area contributed by atoms with Crippen LogP contribution in [0.5, 0.6) is 0 Å². The summed E-state index contributed by atoms with van der Waals surface area (Å²) in [5.41, 5.74) is 3.61. The van der Waals surface area contributed by atoms with Crippen LogP contribution in [0.1, 0.15) is 38.3 Å². The van der Waals surface area contributed by atoms with Crippen molar-refractivity contribution in [3.05, 3.63) is 41.6 Å². The summed E-state index contributed by atoms with van der Waals surface area (Å²) in [6.07, 6.45) is 2.82. The van der Waals surface area contributed by atoms with E-state index in [9.17, 15) is 0 Å². The van der Waals surface area contributed by atoms with E-state index >= 15 is 0 Å². The Morgan fingerprint density at radius 3 is 2.76 bits per heavy atom. The topological polar surface area (TPSA) is 34.1 Å². The summed E-state index contributed by atoms with van der Waals surface area (Å²) in [7, 11) is 1.77. The Balaban J connectivity index is 2.12. The third kappa shape index (κ3) is 4.02. The van der Waals surface area contributed by atoms with Gasteiger partial charge in [0.15, 0.2) is 0 Å². The molecular weight excluding hydrogens is 260 g/mol. The fourth-order valence-corrected chi connectivity index (χ4v) is 2.73. The van der Waals surface area contributed by atoms with Gasteiger partial charge in [0.05, 0.1) is 11.1 Å². The second kappa shape index (κ2) is 6.54. The molecule has 1 heterocycles. The van der Waals surface area contributed by atoms with Crippen LogP contribution in [0.25, 0.3) is 10.9 Å². The van der Waals surface area contributed by atoms with Crippen molar-refractivity contribution in [2.45, 2.75) is 52.3 Å². The predicted octanol–water partition coefficient (Wildman–Crippen LogP) is 3.84. The first-order valence-corrected chi connectivity index (χ1v) is 7.55. The monoisotopic (exact) mass is 286 g/mol. The molecule has 2 aromatic rings. The molecule has 0 amide bonds. The van der Waals surface area contributed by atoms with Gasteiger partial charge in [-0.05, 0) is 57.4 Å². The number of aromatic nitrogens is 1. The van der Waals surface area contributed by atoms with Crippen molar-refractivity contribution in [1.29, 1.82) is 0 Å². The number of methoxy groups -OCH3 is 1. The molecule has 0 saturated heterocycles. The highest BCUT2D eigenvalue weighted by Gasteiger charge is 2.20. The first-order chi connectivity index (χ1) is 9.93. The summed E-state index contributed by atoms with van der Waals surface area (Å²) in [5, 5.41) is 4.85. The first kappa shape index (κ1) is 15.9. The van der Waals surface area contributed by atoms with Crippen molar-refractivity contribution in [1.82, 2.24) is 10.3 Å². The maximum atomic E-state index is 5.50. The number of aryl methyl sites for hydroxylation is 1. The van der Waals surface area contributed by atoms with Crippen LogP contribution in [-0.2, 0) is 11.3 Å². The van der Waals surface area contributed by atoms with Crippen molar-refractivity contribution in [3.63, 3.8) is 0 Å². The fourth-order valence-electron chi connectivity index (χ4n) is 2.73. The van der Waals surface area contributed by atoms with Crippen LogP contribution >= 0.6 is 0 Å². The smallest absolute Gasteiger partial charge is 0.0705 e. The van der Waals surface area contributed by atoms with Gasteiger partial charge < -0.3 is 10.1 Å². The number of fused-ring (bicyclic) bond motifs is 1. The van der Waals surface area contributed by atoms with E-state index < -0.39 is 0 Å². The highest BCUT2D eigenvalue weighted by molar-refractivity contribution is 5.83. The van der Waals surface area contributed by atoms with Crippen LogP contribution in [0.15, 0.2) is 30.5 Å². The molecule has 0 fully saturated rings. The van der Waals surface area contributed by atoms with Crippen molar-refractivity contribution < 1.29 is 4.74 Å². The molecule has 0 aliphatic rings. The summed E-state index contributed by atoms with van der Waals surface area (Å²) < 4.78 is 5.50. The Morgan fingerprint density at radius 2 is 2.05 bits per heavy atom. The molecule has 3 nitrogen and oxygen atoms in total. The standard InChI is InChI=1S/C18H26N2O/c1-13-8-9-17-15(7-6-10-19-17)16(13)12-20-14(2)11-18(3,4)21-5/h6-10,14,20H,11-12H2,1-5H3. The molecule has 2 rings (SSSR count). The zero-order chi connectivity index (χ0) is 15.5. The largest absolute Gasteiger partial charge is 0.379 e. The number of nitrogens with zero attached hydrogens (tertiary/aromatic N) is 1. The van der Waals surface area contributed by atoms with Crippen molar-refractivity contribution >= 4 is 10.9 Å². The van der Waals surface area contributed by atoms with Gasteiger partial charge in [0.25, 0.3) is 0 Å². The van der Waals surface area contributed by atoms with E-state index in [4.69, 9.17) is 4.74 Å². The van der Waals surface area contributed by atoms with Gasteiger partial charge in [-0.1, -0.05) is 12.1 Å². The van der Waals surface area contributed by atoms with Gasteiger partial charge in [0, 0.05) is 31.3 Å². The Bertz CT molecular complexity index is 607. The number of hydrogen-bond acceptors (Lipinski definition) is 3. The van der Waals surface area contributed by atoms with E-state index in [0.717, 1.165) is 18.5 Å². The first-order valence-electron chi connectivity index (χ1n) is 7.55. The van der Waals surface area contributed by atoms with Crippen LogP contribution in [0, 0.1) is 6.92 Å². The number of benzene rings is 1. The van der Waals surface area contributed by atoms with Gasteiger partial charge in [-0.2, -0.15) is 0 Å². The van der Waals surface area contributed by atoms with Gasteiger partial charge >= 0.3 is 0 Å². The Kier molecular flexibility index (Phi) is 4.96. The van der Waals surface area contributed by atoms with Gasteiger partial charge in [-0.15, -0.1) is 0 Å². The number of hydrogen-bond donors (Lipinski definition) is 1. The highest BCUT2D eigenvalue weighted by Crippen LogP contribution is 2.21. The average Bonchev–Trinajstić information content (AvgIpc) is 2.46. The van der Waals surface area contributed by atoms with Gasteiger partial charge in [0.1, 0.15) is 0 Å². The molecule has 0 aliphatic carbocycles. The highest BCUT2D eigenvalue weighted by atomic mass is 16.5. The molecule has 0 radical (unpaired) electrons. The second-order valence-corrected chi connectivity index (χ2v) is 6.38. The summed E-state index contributed by atoms with van der Waals surface area (Å²) in [4.78, 5) is 4.43. The van der Waals surface area contributed by atoms with E-state index in [1.165, 1.54) is 16.5 Å². The molecule has 1 atom stereocenters. The number of rotatable bonds is 6. The molecule has 0 bridgehead atoms. The van der Waals surface area contributed by atoms with Crippen LogP contribution in [0.4, 0.5) is 0 Å². The Hall–Kier alpha value is -1.45. The molecule has 1 aromatic heterocycles. The van der Waals surface area contributed by atoms with Crippen LogP contribution in [0.2, 0.25) is 0 Å². The third-order valence-corrected chi connectivity index (χ3v) is 4.11. The van der Waals surface area contributed by atoms with Gasteiger partial charge in [-0.25, -0.2) is 0 Å². The van der Waals surface area contributed by atoms with E-state index in [0.29, 0.717) is 6.04 Å². The molecule has 0 aliphatic heterocycles. The maximum Gasteiger partial charge on any atom is 0.0705 e. The molecule has 1 unspecified atom stereocenters. The Morgan fingerprint density at radius 1 is 1.29 bits per heavy atom. The van der Waals surface area contributed by atoms with Crippen molar-refractivity contribution in [2.75, 3.05) is 7.11 Å². The molecule has 1 N–H and O–H groups in total. The summed E-state index contributed by atoms with van der Waals surface area (Å²) in [6, 6.07) is 8.78. The lowest BCUT2D eigenvalue weighted by atomic mass is 9.98. The lowest BCUT2D eigenvalue weighted by molar-refractivity contribution is 0.00845. The molecule has 0 spiro atoms. The minimum Gasteiger partial charge on any atom is -0.379 e. The van der Waals surface area contributed by atoms with E-state index in [2.05, 4.69) is 56.2 Å². The SMILES string of the molecule is COC(C)(C)CC(C)NCc1c(C)ccc2ncccc12. The minimum atomic E-state index is -0.0955. The molecule has 1 aromatic carbocycles. The molecule has 0 saturated carbocycles. The lowest BCUT2D eigenvalue weighted by Crippen LogP contribution is -2.35. The average molecular weight is 286 g/mol. The quantitative estimate of drug-likeness (QED) is 0.876. The number of ether oxygens (including phenoxy) is 1. The maximum absolute atomic E-state index is 5.50. The zero-order valence-electron chi connectivity index (χ0n) is 13.7. The summed E-state index contributed by atoms with van der Waals surface area (Å²) >= 11 is 0. The van der Waals surface area contributed by atoms with Crippen molar-refractivity contribution in [3.8, 4) is 0 Å². The third-order valence-electron chi connectivity index (χ3n) is 4.11. The fraction of sp³-hybridized carbons (Fsp3) is 0.500. The molecule has 21 heavy (non-hydrogen) atoms. The van der Waals surface area contributed by atoms with Gasteiger partial charge in [-0.3, -0.25) is 4.98 Å². The molecular formula is C18H26N2O. The Labute approximate surface area is 127 Å². The minimum absolute atomic E-state index is 0.0955. The van der Waals surface area contributed by atoms with E-state index in [1.54, 1.807) is 7.11 Å². The summed E-state index contributed by atoms with van der Waals surface area (Å²) in [5.74, 6) is 0. The number of nitrogens with one attached hydrogen (secondary N) is 1. The second-order valence-electron chi connectivity index (χ2n) is 6.38. The normalized spacial score (nSPS) is 13.6. The van der Waals surface area contributed by atoms with Crippen LogP contribution in [-0.4, -0.2) is 23.7 Å². The zero-order valence-corrected chi connectivity index (χ0v) is 13.7. The molecule has 3 heteroatoms. The van der Waals surface area contributed by atoms with Gasteiger partial charge in [0.2, 0.25) is 0 Å². The van der Waals surface area contributed by atoms with Crippen molar-refractivity contribution in [2.24, 2.45) is 0 Å². The van der Waals surface area contributed by atoms with Crippen LogP contribution < -0.4 is 5.32 Å². The number of pyridine rings is 1. The molecule has 114 valence electrons. The predicted molar refractivity (Wildman–Crippen MR) is 88.5 cm³/mol. The van der Waals surface area contributed by atoms with Crippen LogP contribution in [0.3, 0.4) is 0 Å². The van der Waals surface area contributed by atoms with E-state index in [1.807, 2.05) is 12.3 Å². The lowest BCUT2D eigenvalue weighted by Gasteiger charge is -2.27. The van der Waals surface area contributed by atoms with E-state index in [-0.39, 0.29) is 5.60 Å². The summed E-state index contributed by atoms with van der Waals surface area (Å²) in [6.45, 7) is 9.47.